The predicted octanol–water partition coefficient (Wildman–Crippen LogP) is 9.51. The Morgan fingerprint density at radius 1 is 1.05 bits per heavy atom. The number of fused-ring (bicyclic) bond motifs is 5. The predicted molar refractivity (Wildman–Crippen MR) is 165 cm³/mol. The molecule has 0 aromatic heterocycles. The van der Waals surface area contributed by atoms with Crippen LogP contribution in [-0.2, 0) is 9.16 Å². The van der Waals surface area contributed by atoms with Gasteiger partial charge in [-0.2, -0.15) is 0 Å². The number of carbonyl (C=O) groups excluding carboxylic acids is 1. The standard InChI is InChI=1S/C34H61NO3Si/c1-23(18-21-35-30(36)37-31(2,3)4)27-14-15-28-26-13-12-24-22-25(38-39(10,11)32(5,6)7)16-19-33(24,8)29(26)17-20-34(27,28)9/h12,23,25-29H,13-22H2,1-11H3,(H,35,36)/t23-,25?,26+,27-,28+,29+,33+,34-/m1/s1. The molecule has 0 spiro atoms. The van der Waals surface area contributed by atoms with Crippen molar-refractivity contribution in [2.45, 2.75) is 150 Å². The van der Waals surface area contributed by atoms with Crippen molar-refractivity contribution in [1.82, 2.24) is 5.32 Å². The first kappa shape index (κ1) is 31.1. The molecule has 4 rings (SSSR count). The van der Waals surface area contributed by atoms with Crippen LogP contribution < -0.4 is 5.32 Å². The molecule has 0 saturated heterocycles. The molecule has 224 valence electrons. The molecule has 0 bridgehead atoms. The van der Waals surface area contributed by atoms with Crippen LogP contribution in [0.1, 0.15) is 120 Å². The van der Waals surface area contributed by atoms with E-state index in [9.17, 15) is 4.79 Å². The smallest absolute Gasteiger partial charge is 0.407 e. The van der Waals surface area contributed by atoms with Gasteiger partial charge in [0, 0.05) is 12.6 Å². The Hall–Kier alpha value is -0.813. The first-order chi connectivity index (χ1) is 17.9. The van der Waals surface area contributed by atoms with Gasteiger partial charge in [0.2, 0.25) is 0 Å². The van der Waals surface area contributed by atoms with Crippen molar-refractivity contribution in [2.24, 2.45) is 40.4 Å². The van der Waals surface area contributed by atoms with Gasteiger partial charge < -0.3 is 14.5 Å². The number of nitrogens with one attached hydrogen (secondary N) is 1. The Labute approximate surface area is 242 Å². The van der Waals surface area contributed by atoms with E-state index in [1.54, 1.807) is 5.57 Å². The minimum atomic E-state index is -1.74. The van der Waals surface area contributed by atoms with E-state index in [4.69, 9.17) is 9.16 Å². The highest BCUT2D eigenvalue weighted by Crippen LogP contribution is 2.67. The zero-order chi connectivity index (χ0) is 29.0. The van der Waals surface area contributed by atoms with Crippen LogP contribution in [0.15, 0.2) is 11.6 Å². The molecule has 0 heterocycles. The molecular weight excluding hydrogens is 498 g/mol. The fourth-order valence-corrected chi connectivity index (χ4v) is 10.6. The van der Waals surface area contributed by atoms with Crippen LogP contribution in [0.2, 0.25) is 18.1 Å². The lowest BCUT2D eigenvalue weighted by molar-refractivity contribution is -0.0563. The Morgan fingerprint density at radius 2 is 1.74 bits per heavy atom. The number of rotatable bonds is 6. The van der Waals surface area contributed by atoms with Crippen molar-refractivity contribution in [2.75, 3.05) is 6.54 Å². The zero-order valence-electron chi connectivity index (χ0n) is 27.3. The fourth-order valence-electron chi connectivity index (χ4n) is 9.21. The van der Waals surface area contributed by atoms with Gasteiger partial charge >= 0.3 is 6.09 Å². The van der Waals surface area contributed by atoms with E-state index in [-0.39, 0.29) is 11.1 Å². The number of alkyl carbamates (subject to hydrolysis) is 1. The molecule has 0 aromatic rings. The molecule has 0 aliphatic heterocycles. The third-order valence-corrected chi connectivity index (χ3v) is 16.9. The molecule has 1 amide bonds. The molecule has 5 heteroatoms. The summed E-state index contributed by atoms with van der Waals surface area (Å²) in [6.07, 6.45) is 14.4. The number of hydrogen-bond donors (Lipinski definition) is 1. The largest absolute Gasteiger partial charge is 0.444 e. The molecule has 1 N–H and O–H groups in total. The van der Waals surface area contributed by atoms with Crippen LogP contribution in [0.3, 0.4) is 0 Å². The van der Waals surface area contributed by atoms with Gasteiger partial charge in [0.1, 0.15) is 5.60 Å². The normalized spacial score (nSPS) is 37.7. The molecule has 4 aliphatic rings. The van der Waals surface area contributed by atoms with Crippen LogP contribution in [-0.4, -0.2) is 32.7 Å². The number of hydrogen-bond acceptors (Lipinski definition) is 3. The van der Waals surface area contributed by atoms with Crippen LogP contribution in [0.25, 0.3) is 0 Å². The lowest BCUT2D eigenvalue weighted by Gasteiger charge is -2.59. The molecule has 4 aliphatic carbocycles. The summed E-state index contributed by atoms with van der Waals surface area (Å²) < 4.78 is 12.4. The fraction of sp³-hybridized carbons (Fsp3) is 0.912. The highest BCUT2D eigenvalue weighted by molar-refractivity contribution is 6.74. The number of carbonyl (C=O) groups is 1. The molecule has 0 aromatic carbocycles. The molecule has 0 radical (unpaired) electrons. The number of ether oxygens (including phenoxy) is 1. The molecule has 39 heavy (non-hydrogen) atoms. The van der Waals surface area contributed by atoms with Crippen molar-refractivity contribution >= 4 is 14.4 Å². The highest BCUT2D eigenvalue weighted by Gasteiger charge is 2.59. The SMILES string of the molecule is C[C@H](CCNC(=O)OC(C)(C)C)[C@H]1CC[C@H]2[C@@H]3CC=C4CC(O[Si](C)(C)C(C)(C)C)CC[C@]4(C)[C@H]3CC[C@]12C. The van der Waals surface area contributed by atoms with Gasteiger partial charge in [-0.3, -0.25) is 0 Å². The van der Waals surface area contributed by atoms with Gasteiger partial charge in [0.15, 0.2) is 8.32 Å². The lowest BCUT2D eigenvalue weighted by Crippen LogP contribution is -2.52. The summed E-state index contributed by atoms with van der Waals surface area (Å²) in [6.45, 7) is 26.1. The van der Waals surface area contributed by atoms with E-state index in [1.807, 2.05) is 20.8 Å². The summed E-state index contributed by atoms with van der Waals surface area (Å²) in [7, 11) is -1.74. The minimum Gasteiger partial charge on any atom is -0.444 e. The zero-order valence-corrected chi connectivity index (χ0v) is 28.3. The van der Waals surface area contributed by atoms with Crippen LogP contribution >= 0.6 is 0 Å². The highest BCUT2D eigenvalue weighted by atomic mass is 28.4. The molecule has 3 fully saturated rings. The maximum atomic E-state index is 12.1. The van der Waals surface area contributed by atoms with Crippen LogP contribution in [0, 0.1) is 40.4 Å². The summed E-state index contributed by atoms with van der Waals surface area (Å²) in [5.74, 6) is 3.91. The quantitative estimate of drug-likeness (QED) is 0.260. The molecular formula is C34H61NO3Si. The Balaban J connectivity index is 1.39. The first-order valence-electron chi connectivity index (χ1n) is 16.2. The van der Waals surface area contributed by atoms with Crippen molar-refractivity contribution in [1.29, 1.82) is 0 Å². The average molecular weight is 560 g/mol. The number of amides is 1. The molecule has 4 nitrogen and oxygen atoms in total. The Bertz CT molecular complexity index is 930. The second-order valence-electron chi connectivity index (χ2n) is 16.9. The summed E-state index contributed by atoms with van der Waals surface area (Å²) in [5, 5.41) is 3.28. The van der Waals surface area contributed by atoms with Crippen molar-refractivity contribution in [3.05, 3.63) is 11.6 Å². The molecule has 3 saturated carbocycles. The van der Waals surface area contributed by atoms with E-state index in [2.05, 4.69) is 66.0 Å². The van der Waals surface area contributed by atoms with Gasteiger partial charge in [0.05, 0.1) is 0 Å². The minimum absolute atomic E-state index is 0.273. The van der Waals surface area contributed by atoms with Gasteiger partial charge in [-0.1, -0.05) is 53.2 Å². The van der Waals surface area contributed by atoms with Crippen molar-refractivity contribution in [3.8, 4) is 0 Å². The summed E-state index contributed by atoms with van der Waals surface area (Å²) in [6, 6.07) is 0. The van der Waals surface area contributed by atoms with Gasteiger partial charge in [-0.15, -0.1) is 0 Å². The summed E-state index contributed by atoms with van der Waals surface area (Å²) in [5.41, 5.74) is 2.11. The number of allylic oxidation sites excluding steroid dienone is 1. The van der Waals surface area contributed by atoms with E-state index in [0.717, 1.165) is 30.1 Å². The van der Waals surface area contributed by atoms with Gasteiger partial charge in [0.25, 0.3) is 0 Å². The van der Waals surface area contributed by atoms with Crippen LogP contribution in [0.5, 0.6) is 0 Å². The monoisotopic (exact) mass is 559 g/mol. The summed E-state index contributed by atoms with van der Waals surface area (Å²) in [4.78, 5) is 12.1. The van der Waals surface area contributed by atoms with E-state index in [0.29, 0.717) is 29.4 Å². The third kappa shape index (κ3) is 6.20. The van der Waals surface area contributed by atoms with Crippen molar-refractivity contribution < 1.29 is 14.0 Å². The Morgan fingerprint density at radius 3 is 2.38 bits per heavy atom. The van der Waals surface area contributed by atoms with Gasteiger partial charge in [-0.05, 0) is 137 Å². The molecule has 8 atom stereocenters. The first-order valence-corrected chi connectivity index (χ1v) is 19.1. The third-order valence-electron chi connectivity index (χ3n) is 12.4. The maximum absolute atomic E-state index is 12.1. The van der Waals surface area contributed by atoms with Gasteiger partial charge in [-0.25, -0.2) is 4.79 Å². The average Bonchev–Trinajstić information content (AvgIpc) is 3.14. The van der Waals surface area contributed by atoms with E-state index < -0.39 is 13.9 Å². The topological polar surface area (TPSA) is 47.6 Å². The second-order valence-corrected chi connectivity index (χ2v) is 21.7. The van der Waals surface area contributed by atoms with E-state index in [1.165, 1.54) is 51.4 Å². The van der Waals surface area contributed by atoms with Crippen LogP contribution in [0.4, 0.5) is 4.79 Å². The Kier molecular flexibility index (Phi) is 8.61. The van der Waals surface area contributed by atoms with E-state index >= 15 is 0 Å². The lowest BCUT2D eigenvalue weighted by atomic mass is 9.47. The molecule has 1 unspecified atom stereocenters. The van der Waals surface area contributed by atoms with Crippen molar-refractivity contribution in [3.63, 3.8) is 0 Å². The summed E-state index contributed by atoms with van der Waals surface area (Å²) >= 11 is 0. The second kappa shape index (κ2) is 10.8. The maximum Gasteiger partial charge on any atom is 0.407 e.